The largest absolute Gasteiger partial charge is 0.497 e. The Labute approximate surface area is 111 Å². The van der Waals surface area contributed by atoms with E-state index >= 15 is 0 Å². The molecule has 4 heteroatoms. The van der Waals surface area contributed by atoms with Gasteiger partial charge in [-0.2, -0.15) is 0 Å². The topological polar surface area (TPSA) is 30.8 Å². The highest BCUT2D eigenvalue weighted by Gasteiger charge is 1.96. The molecular weight excluding hydrogens is 245 g/mol. The molecule has 0 bridgehead atoms. The second kappa shape index (κ2) is 6.54. The average molecular weight is 258 g/mol. The van der Waals surface area contributed by atoms with E-state index in [2.05, 4.69) is 11.4 Å². The van der Waals surface area contributed by atoms with Crippen LogP contribution in [0.5, 0.6) is 5.75 Å². The molecule has 0 heterocycles. The molecule has 97 valence electrons. The van der Waals surface area contributed by atoms with Gasteiger partial charge >= 0.3 is 0 Å². The van der Waals surface area contributed by atoms with E-state index in [1.165, 1.54) is 12.1 Å². The number of methoxy groups -OCH3 is 1. The van der Waals surface area contributed by atoms with Crippen molar-refractivity contribution in [3.63, 3.8) is 0 Å². The molecule has 0 aromatic heterocycles. The Morgan fingerprint density at radius 1 is 1.16 bits per heavy atom. The molecule has 0 amide bonds. The third-order valence-electron chi connectivity index (χ3n) is 2.45. The van der Waals surface area contributed by atoms with E-state index in [0.717, 1.165) is 11.3 Å². The summed E-state index contributed by atoms with van der Waals surface area (Å²) in [4.78, 5) is 5.12. The van der Waals surface area contributed by atoms with Gasteiger partial charge in [-0.1, -0.05) is 17.3 Å². The van der Waals surface area contributed by atoms with Crippen LogP contribution in [0.2, 0.25) is 0 Å². The monoisotopic (exact) mass is 258 g/mol. The molecule has 2 rings (SSSR count). The molecule has 0 fully saturated rings. The smallest absolute Gasteiger partial charge is 0.142 e. The SMILES string of the molecule is COc1cccc(CO/N=[C]\c2ccc(F)cc2)c1. The van der Waals surface area contributed by atoms with Crippen molar-refractivity contribution >= 4 is 6.21 Å². The summed E-state index contributed by atoms with van der Waals surface area (Å²) in [5.74, 6) is 0.482. The van der Waals surface area contributed by atoms with Gasteiger partial charge in [-0.25, -0.2) is 4.39 Å². The van der Waals surface area contributed by atoms with Crippen molar-refractivity contribution < 1.29 is 14.0 Å². The molecular formula is C15H13FNO2. The molecule has 2 aromatic carbocycles. The van der Waals surface area contributed by atoms with Gasteiger partial charge in [-0.05, 0) is 42.0 Å². The summed E-state index contributed by atoms with van der Waals surface area (Å²) in [5, 5.41) is 3.71. The first-order valence-corrected chi connectivity index (χ1v) is 5.74. The molecule has 19 heavy (non-hydrogen) atoms. The van der Waals surface area contributed by atoms with Crippen molar-refractivity contribution in [2.24, 2.45) is 5.16 Å². The Bertz CT molecular complexity index is 552. The maximum atomic E-state index is 12.7. The average Bonchev–Trinajstić information content (AvgIpc) is 2.46. The Morgan fingerprint density at radius 3 is 2.68 bits per heavy atom. The minimum Gasteiger partial charge on any atom is -0.497 e. The predicted octanol–water partition coefficient (Wildman–Crippen LogP) is 3.26. The van der Waals surface area contributed by atoms with Crippen LogP contribution in [-0.2, 0) is 11.4 Å². The molecule has 0 aliphatic heterocycles. The minimum atomic E-state index is -0.289. The molecule has 0 atom stereocenters. The van der Waals surface area contributed by atoms with Crippen LogP contribution in [-0.4, -0.2) is 13.3 Å². The summed E-state index contributed by atoms with van der Waals surface area (Å²) in [5.41, 5.74) is 1.61. The summed E-state index contributed by atoms with van der Waals surface area (Å²) in [6.45, 7) is 0.325. The molecule has 0 N–H and O–H groups in total. The van der Waals surface area contributed by atoms with E-state index in [1.807, 2.05) is 24.3 Å². The van der Waals surface area contributed by atoms with Crippen LogP contribution in [0, 0.1) is 5.82 Å². The summed E-state index contributed by atoms with van der Waals surface area (Å²) in [6, 6.07) is 13.4. The predicted molar refractivity (Wildman–Crippen MR) is 70.7 cm³/mol. The molecule has 3 nitrogen and oxygen atoms in total. The molecule has 2 aromatic rings. The van der Waals surface area contributed by atoms with Gasteiger partial charge in [0.15, 0.2) is 0 Å². The van der Waals surface area contributed by atoms with E-state index in [4.69, 9.17) is 9.57 Å². The van der Waals surface area contributed by atoms with Gasteiger partial charge in [0.05, 0.1) is 7.11 Å². The summed E-state index contributed by atoms with van der Waals surface area (Å²) >= 11 is 0. The Kier molecular flexibility index (Phi) is 4.50. The highest BCUT2D eigenvalue weighted by molar-refractivity contribution is 5.78. The van der Waals surface area contributed by atoms with Crippen molar-refractivity contribution in [1.29, 1.82) is 0 Å². The lowest BCUT2D eigenvalue weighted by atomic mass is 10.2. The fourth-order valence-corrected chi connectivity index (χ4v) is 1.48. The molecule has 0 saturated carbocycles. The van der Waals surface area contributed by atoms with E-state index in [0.29, 0.717) is 12.2 Å². The lowest BCUT2D eigenvalue weighted by Crippen LogP contribution is -1.90. The maximum Gasteiger partial charge on any atom is 0.142 e. The minimum absolute atomic E-state index is 0.289. The first kappa shape index (κ1) is 13.1. The quantitative estimate of drug-likeness (QED) is 0.608. The van der Waals surface area contributed by atoms with Crippen LogP contribution in [0.25, 0.3) is 0 Å². The zero-order valence-corrected chi connectivity index (χ0v) is 10.5. The normalized spacial score (nSPS) is 10.6. The van der Waals surface area contributed by atoms with Gasteiger partial charge in [0.2, 0.25) is 0 Å². The standard InChI is InChI=1S/C15H13FNO2/c1-18-15-4-2-3-13(9-15)11-19-17-10-12-5-7-14(16)8-6-12/h2-9H,11H2,1H3. The van der Waals surface area contributed by atoms with E-state index < -0.39 is 0 Å². The number of ether oxygens (including phenoxy) is 1. The van der Waals surface area contributed by atoms with Crippen molar-refractivity contribution in [1.82, 2.24) is 0 Å². The van der Waals surface area contributed by atoms with Crippen LogP contribution in [0.15, 0.2) is 53.7 Å². The lowest BCUT2D eigenvalue weighted by Gasteiger charge is -2.02. The number of hydrogen-bond donors (Lipinski definition) is 0. The number of benzene rings is 2. The number of hydrogen-bond acceptors (Lipinski definition) is 3. The van der Waals surface area contributed by atoms with E-state index in [9.17, 15) is 4.39 Å². The third kappa shape index (κ3) is 4.10. The highest BCUT2D eigenvalue weighted by atomic mass is 19.1. The van der Waals surface area contributed by atoms with Crippen LogP contribution in [0.3, 0.4) is 0 Å². The second-order valence-corrected chi connectivity index (χ2v) is 3.83. The number of halogens is 1. The third-order valence-corrected chi connectivity index (χ3v) is 2.45. The zero-order valence-electron chi connectivity index (χ0n) is 10.5. The fourth-order valence-electron chi connectivity index (χ4n) is 1.48. The molecule has 0 unspecified atom stereocenters. The van der Waals surface area contributed by atoms with Crippen molar-refractivity contribution in [3.05, 3.63) is 65.5 Å². The summed E-state index contributed by atoms with van der Waals surface area (Å²) in [6.07, 6.45) is 2.68. The second-order valence-electron chi connectivity index (χ2n) is 3.83. The van der Waals surface area contributed by atoms with Crippen LogP contribution >= 0.6 is 0 Å². The fraction of sp³-hybridized carbons (Fsp3) is 0.133. The number of nitrogens with zero attached hydrogens (tertiary/aromatic N) is 1. The lowest BCUT2D eigenvalue weighted by molar-refractivity contribution is 0.132. The maximum absolute atomic E-state index is 12.7. The van der Waals surface area contributed by atoms with Gasteiger partial charge in [0.1, 0.15) is 24.4 Å². The van der Waals surface area contributed by atoms with Crippen LogP contribution in [0.1, 0.15) is 11.1 Å². The Morgan fingerprint density at radius 2 is 1.95 bits per heavy atom. The van der Waals surface area contributed by atoms with Gasteiger partial charge in [0.25, 0.3) is 0 Å². The first-order valence-electron chi connectivity index (χ1n) is 5.74. The Hall–Kier alpha value is -2.36. The van der Waals surface area contributed by atoms with Gasteiger partial charge in [0, 0.05) is 5.56 Å². The molecule has 1 radical (unpaired) electrons. The molecule has 0 spiro atoms. The van der Waals surface area contributed by atoms with E-state index in [1.54, 1.807) is 19.2 Å². The van der Waals surface area contributed by atoms with Crippen LogP contribution < -0.4 is 4.74 Å². The first-order chi connectivity index (χ1) is 9.28. The van der Waals surface area contributed by atoms with Crippen molar-refractivity contribution in [2.45, 2.75) is 6.61 Å². The van der Waals surface area contributed by atoms with Gasteiger partial charge in [-0.3, -0.25) is 0 Å². The van der Waals surface area contributed by atoms with Crippen molar-refractivity contribution in [2.75, 3.05) is 7.11 Å². The molecule has 0 saturated heterocycles. The summed E-state index contributed by atoms with van der Waals surface area (Å²) in [7, 11) is 1.61. The summed E-state index contributed by atoms with van der Waals surface area (Å²) < 4.78 is 17.8. The van der Waals surface area contributed by atoms with E-state index in [-0.39, 0.29) is 5.82 Å². The Balaban J connectivity index is 1.87. The zero-order chi connectivity index (χ0) is 13.5. The van der Waals surface area contributed by atoms with Crippen molar-refractivity contribution in [3.8, 4) is 5.75 Å². The van der Waals surface area contributed by atoms with Crippen LogP contribution in [0.4, 0.5) is 4.39 Å². The molecule has 0 aliphatic carbocycles. The van der Waals surface area contributed by atoms with Gasteiger partial charge in [-0.15, -0.1) is 0 Å². The molecule has 0 aliphatic rings. The van der Waals surface area contributed by atoms with Gasteiger partial charge < -0.3 is 9.57 Å². The number of rotatable bonds is 5. The highest BCUT2D eigenvalue weighted by Crippen LogP contribution is 2.13.